The molecule has 0 aromatic heterocycles. The minimum atomic E-state index is -4.96. The second-order valence-corrected chi connectivity index (χ2v) is 31.5. The molecular formula is C74H144O17P2. The van der Waals surface area contributed by atoms with E-state index in [1.165, 1.54) is 167 Å². The molecular weight excluding hydrogens is 1220 g/mol. The number of aliphatic hydroxyl groups excluding tert-OH is 1. The highest BCUT2D eigenvalue weighted by Gasteiger charge is 2.30. The maximum Gasteiger partial charge on any atom is 0.472 e. The van der Waals surface area contributed by atoms with Crippen molar-refractivity contribution in [2.75, 3.05) is 39.6 Å². The van der Waals surface area contributed by atoms with Crippen LogP contribution in [-0.2, 0) is 65.4 Å². The van der Waals surface area contributed by atoms with Crippen LogP contribution in [0, 0.1) is 23.7 Å². The molecule has 0 aromatic rings. The Kier molecular flexibility index (Phi) is 62.2. The fourth-order valence-corrected chi connectivity index (χ4v) is 12.8. The third-order valence-corrected chi connectivity index (χ3v) is 19.0. The molecule has 19 heteroatoms. The largest absolute Gasteiger partial charge is 0.472 e. The molecule has 0 radical (unpaired) electrons. The van der Waals surface area contributed by atoms with Gasteiger partial charge in [0.2, 0.25) is 0 Å². The lowest BCUT2D eigenvalue weighted by atomic mass is 10.0. The molecule has 0 rings (SSSR count). The second kappa shape index (κ2) is 63.5. The summed E-state index contributed by atoms with van der Waals surface area (Å²) in [6, 6.07) is 0. The van der Waals surface area contributed by atoms with E-state index in [9.17, 15) is 43.2 Å². The van der Waals surface area contributed by atoms with Gasteiger partial charge in [0.05, 0.1) is 26.4 Å². The monoisotopic (exact) mass is 1370 g/mol. The third-order valence-electron chi connectivity index (χ3n) is 17.1. The van der Waals surface area contributed by atoms with Crippen molar-refractivity contribution in [1.82, 2.24) is 0 Å². The topological polar surface area (TPSA) is 237 Å². The average molecular weight is 1370 g/mol. The molecule has 0 aliphatic rings. The number of carbonyl (C=O) groups is 4. The number of ether oxygens (including phenoxy) is 4. The lowest BCUT2D eigenvalue weighted by molar-refractivity contribution is -0.161. The van der Waals surface area contributed by atoms with Crippen LogP contribution in [0.3, 0.4) is 0 Å². The fraction of sp³-hybridized carbons (Fsp3) is 0.946. The molecule has 0 aliphatic carbocycles. The fourth-order valence-electron chi connectivity index (χ4n) is 11.2. The van der Waals surface area contributed by atoms with Gasteiger partial charge in [-0.3, -0.25) is 37.3 Å². The maximum atomic E-state index is 13.1. The Balaban J connectivity index is 5.25. The number of esters is 4. The molecule has 0 aromatic carbocycles. The smallest absolute Gasteiger partial charge is 0.462 e. The molecule has 17 nitrogen and oxygen atoms in total. The normalized spacial score (nSPS) is 14.2. The molecule has 0 saturated carbocycles. The Morgan fingerprint density at radius 1 is 0.269 bits per heavy atom. The quantitative estimate of drug-likeness (QED) is 0.0222. The van der Waals surface area contributed by atoms with Crippen molar-refractivity contribution in [3.05, 3.63) is 0 Å². The summed E-state index contributed by atoms with van der Waals surface area (Å²) in [7, 11) is -9.91. The van der Waals surface area contributed by atoms with Gasteiger partial charge in [0.25, 0.3) is 0 Å². The van der Waals surface area contributed by atoms with Crippen LogP contribution in [0.1, 0.15) is 370 Å². The van der Waals surface area contributed by atoms with Gasteiger partial charge in [-0.25, -0.2) is 9.13 Å². The molecule has 0 bridgehead atoms. The predicted octanol–water partition coefficient (Wildman–Crippen LogP) is 21.3. The molecule has 93 heavy (non-hydrogen) atoms. The van der Waals surface area contributed by atoms with E-state index < -0.39 is 97.5 Å². The van der Waals surface area contributed by atoms with Gasteiger partial charge in [0.15, 0.2) is 12.2 Å². The van der Waals surface area contributed by atoms with Crippen LogP contribution in [0.15, 0.2) is 0 Å². The van der Waals surface area contributed by atoms with Crippen LogP contribution in [-0.4, -0.2) is 96.7 Å². The predicted molar refractivity (Wildman–Crippen MR) is 377 cm³/mol. The van der Waals surface area contributed by atoms with E-state index in [4.69, 9.17) is 37.0 Å². The van der Waals surface area contributed by atoms with Crippen molar-refractivity contribution in [3.63, 3.8) is 0 Å². The van der Waals surface area contributed by atoms with E-state index in [-0.39, 0.29) is 25.7 Å². The number of hydrogen-bond donors (Lipinski definition) is 3. The minimum absolute atomic E-state index is 0.103. The first-order chi connectivity index (χ1) is 44.6. The van der Waals surface area contributed by atoms with Crippen molar-refractivity contribution in [1.29, 1.82) is 0 Å². The number of phosphoric ester groups is 2. The van der Waals surface area contributed by atoms with Crippen molar-refractivity contribution in [2.45, 2.75) is 388 Å². The Hall–Kier alpha value is -1.94. The first-order valence-electron chi connectivity index (χ1n) is 38.2. The van der Waals surface area contributed by atoms with Gasteiger partial charge in [-0.1, -0.05) is 319 Å². The van der Waals surface area contributed by atoms with E-state index in [1.54, 1.807) is 0 Å². The van der Waals surface area contributed by atoms with Gasteiger partial charge in [-0.15, -0.1) is 0 Å². The van der Waals surface area contributed by atoms with E-state index in [0.717, 1.165) is 114 Å². The first-order valence-corrected chi connectivity index (χ1v) is 41.2. The number of aliphatic hydroxyl groups is 1. The molecule has 3 N–H and O–H groups in total. The zero-order chi connectivity index (χ0) is 68.9. The summed E-state index contributed by atoms with van der Waals surface area (Å²) in [6.45, 7) is 14.1. The SMILES string of the molecule is CC(C)CCCCCCCCCCCCCCCCC(=O)O[C@H](COC(=O)CCCCCCCCCCCCCCC(C)C)COP(=O)(O)OCC(O)COP(=O)(O)OC[C@@H](COC(=O)CCCCCCCCCC(C)C)OC(=O)CCCCCCCCCCC(C)C. The zero-order valence-electron chi connectivity index (χ0n) is 60.9. The first kappa shape index (κ1) is 91.1. The molecule has 0 saturated heterocycles. The maximum absolute atomic E-state index is 13.1. The van der Waals surface area contributed by atoms with E-state index in [0.29, 0.717) is 31.6 Å². The van der Waals surface area contributed by atoms with Gasteiger partial charge >= 0.3 is 39.5 Å². The number of unbranched alkanes of at least 4 members (excludes halogenated alkanes) is 37. The summed E-state index contributed by atoms with van der Waals surface area (Å²) in [4.78, 5) is 72.7. The van der Waals surface area contributed by atoms with Crippen LogP contribution in [0.25, 0.3) is 0 Å². The average Bonchev–Trinajstić information content (AvgIpc) is 1.85. The van der Waals surface area contributed by atoms with Crippen molar-refractivity contribution in [3.8, 4) is 0 Å². The summed E-state index contributed by atoms with van der Waals surface area (Å²) in [5, 5.41) is 10.6. The third kappa shape index (κ3) is 68.4. The van der Waals surface area contributed by atoms with Crippen LogP contribution < -0.4 is 0 Å². The summed E-state index contributed by atoms with van der Waals surface area (Å²) in [6.07, 6.45) is 47.3. The Morgan fingerprint density at radius 2 is 0.452 bits per heavy atom. The number of hydrogen-bond acceptors (Lipinski definition) is 15. The van der Waals surface area contributed by atoms with Crippen LogP contribution in [0.4, 0.5) is 0 Å². The molecule has 5 atom stereocenters. The van der Waals surface area contributed by atoms with Crippen LogP contribution >= 0.6 is 15.6 Å². The van der Waals surface area contributed by atoms with Gasteiger partial charge in [-0.2, -0.15) is 0 Å². The number of phosphoric acid groups is 2. The highest BCUT2D eigenvalue weighted by atomic mass is 31.2. The molecule has 3 unspecified atom stereocenters. The van der Waals surface area contributed by atoms with Crippen molar-refractivity contribution >= 4 is 39.5 Å². The highest BCUT2D eigenvalue weighted by molar-refractivity contribution is 7.47. The lowest BCUT2D eigenvalue weighted by Crippen LogP contribution is -2.30. The molecule has 0 fully saturated rings. The van der Waals surface area contributed by atoms with E-state index >= 15 is 0 Å². The second-order valence-electron chi connectivity index (χ2n) is 28.6. The zero-order valence-corrected chi connectivity index (χ0v) is 62.7. The Bertz CT molecular complexity index is 1830. The molecule has 552 valence electrons. The molecule has 0 aliphatic heterocycles. The van der Waals surface area contributed by atoms with Gasteiger partial charge < -0.3 is 33.8 Å². The lowest BCUT2D eigenvalue weighted by Gasteiger charge is -2.21. The Labute approximate surface area is 568 Å². The van der Waals surface area contributed by atoms with Gasteiger partial charge in [0, 0.05) is 25.7 Å². The van der Waals surface area contributed by atoms with Crippen molar-refractivity contribution < 1.29 is 80.2 Å². The van der Waals surface area contributed by atoms with Crippen molar-refractivity contribution in [2.24, 2.45) is 23.7 Å². The summed E-state index contributed by atoms with van der Waals surface area (Å²) in [5.41, 5.74) is 0. The molecule has 0 spiro atoms. The minimum Gasteiger partial charge on any atom is -0.462 e. The standard InChI is InChI=1S/C74H144O17P2/c1-64(2)50-42-34-26-19-15-11-9-10-12-18-22-31-40-48-56-73(78)90-69(60-84-71(76)54-46-38-30-21-17-14-13-16-20-27-35-43-51-65(3)4)62-88-92(80,81)86-58-68(75)59-87-93(82,83)89-63-70(61-85-72(77)55-47-39-33-25-29-37-45-53-67(7)8)91-74(79)57-49-41-32-24-23-28-36-44-52-66(5)6/h64-70,75H,9-63H2,1-8H3,(H,80,81)(H,82,83)/t68?,69-,70-/m1/s1. The summed E-state index contributed by atoms with van der Waals surface area (Å²) < 4.78 is 68.4. The summed E-state index contributed by atoms with van der Waals surface area (Å²) >= 11 is 0. The van der Waals surface area contributed by atoms with Gasteiger partial charge in [-0.05, 0) is 49.4 Å². The van der Waals surface area contributed by atoms with E-state index in [1.807, 2.05) is 0 Å². The summed E-state index contributed by atoms with van der Waals surface area (Å²) in [5.74, 6) is 0.875. The number of rotatable bonds is 71. The highest BCUT2D eigenvalue weighted by Crippen LogP contribution is 2.45. The van der Waals surface area contributed by atoms with Crippen LogP contribution in [0.5, 0.6) is 0 Å². The van der Waals surface area contributed by atoms with Gasteiger partial charge in [0.1, 0.15) is 19.3 Å². The number of carbonyl (C=O) groups excluding carboxylic acids is 4. The molecule has 0 amide bonds. The van der Waals surface area contributed by atoms with E-state index in [2.05, 4.69) is 55.4 Å². The van der Waals surface area contributed by atoms with Crippen LogP contribution in [0.2, 0.25) is 0 Å². The molecule has 0 heterocycles. The Morgan fingerprint density at radius 3 is 0.667 bits per heavy atom.